The highest BCUT2D eigenvalue weighted by Gasteiger charge is 2.57. The van der Waals surface area contributed by atoms with Crippen LogP contribution in [-0.2, 0) is 14.3 Å². The molecule has 0 spiro atoms. The van der Waals surface area contributed by atoms with Crippen LogP contribution in [0, 0.1) is 11.3 Å². The highest BCUT2D eigenvalue weighted by Crippen LogP contribution is 2.47. The van der Waals surface area contributed by atoms with Gasteiger partial charge in [0.25, 0.3) is 0 Å². The third-order valence-corrected chi connectivity index (χ3v) is 9.13. The number of piperidine rings is 1. The first-order chi connectivity index (χ1) is 16.7. The third kappa shape index (κ3) is 4.46. The first-order valence-electron chi connectivity index (χ1n) is 13.0. The van der Waals surface area contributed by atoms with Gasteiger partial charge in [0.1, 0.15) is 11.6 Å². The van der Waals surface area contributed by atoms with E-state index in [4.69, 9.17) is 16.3 Å². The second kappa shape index (κ2) is 9.40. The predicted octanol–water partition coefficient (Wildman–Crippen LogP) is 3.99. The molecule has 8 heteroatoms. The van der Waals surface area contributed by atoms with Crippen LogP contribution in [0.25, 0.3) is 0 Å². The van der Waals surface area contributed by atoms with Crippen LogP contribution in [-0.4, -0.2) is 72.5 Å². The average molecular weight is 502 g/mol. The Hall–Kier alpha value is -2.12. The molecule has 2 amide bonds. The number of likely N-dealkylation sites (N-methyl/N-ethyl adjacent to an activating group) is 1. The van der Waals surface area contributed by atoms with Crippen LogP contribution in [0.2, 0.25) is 5.02 Å². The molecule has 2 saturated heterocycles. The fourth-order valence-electron chi connectivity index (χ4n) is 5.92. The number of Topliss-reactive ketones (excluding diaryl/α,β-unsaturated/α-hetero) is 1. The SMILES string of the molecule is CN(C(=O)OC1CCC1)[C@]1(C(=O)C2CCN(C(=O)C3(C)CC3)CC2)CNC[C@H]1c1ccc(Cl)cc1. The van der Waals surface area contributed by atoms with E-state index in [0.717, 1.165) is 37.7 Å². The van der Waals surface area contributed by atoms with E-state index in [1.807, 2.05) is 36.1 Å². The molecular formula is C27H36ClN3O4. The summed E-state index contributed by atoms with van der Waals surface area (Å²) in [5.74, 6) is -0.128. The van der Waals surface area contributed by atoms with E-state index in [9.17, 15) is 14.4 Å². The summed E-state index contributed by atoms with van der Waals surface area (Å²) in [5.41, 5.74) is -0.266. The fourth-order valence-corrected chi connectivity index (χ4v) is 6.04. The van der Waals surface area contributed by atoms with Crippen molar-refractivity contribution >= 4 is 29.4 Å². The number of nitrogens with zero attached hydrogens (tertiary/aromatic N) is 2. The molecule has 0 aromatic heterocycles. The molecule has 2 atom stereocenters. The van der Waals surface area contributed by atoms with Gasteiger partial charge in [0, 0.05) is 55.5 Å². The Morgan fingerprint density at radius 1 is 1.09 bits per heavy atom. The molecule has 1 N–H and O–H groups in total. The molecule has 35 heavy (non-hydrogen) atoms. The molecule has 4 fully saturated rings. The van der Waals surface area contributed by atoms with Crippen molar-refractivity contribution in [3.05, 3.63) is 34.9 Å². The lowest BCUT2D eigenvalue weighted by molar-refractivity contribution is -0.142. The van der Waals surface area contributed by atoms with E-state index in [0.29, 0.717) is 44.0 Å². The maximum Gasteiger partial charge on any atom is 0.410 e. The molecular weight excluding hydrogens is 466 g/mol. The Balaban J connectivity index is 1.39. The number of hydrogen-bond donors (Lipinski definition) is 1. The number of halogens is 1. The summed E-state index contributed by atoms with van der Waals surface area (Å²) in [4.78, 5) is 43.9. The topological polar surface area (TPSA) is 79.0 Å². The summed E-state index contributed by atoms with van der Waals surface area (Å²) < 4.78 is 5.75. The molecule has 4 aliphatic rings. The number of ether oxygens (including phenoxy) is 1. The van der Waals surface area contributed by atoms with Gasteiger partial charge in [-0.1, -0.05) is 30.7 Å². The Morgan fingerprint density at radius 3 is 2.31 bits per heavy atom. The van der Waals surface area contributed by atoms with Crippen molar-refractivity contribution in [2.24, 2.45) is 11.3 Å². The lowest BCUT2D eigenvalue weighted by Crippen LogP contribution is -2.62. The molecule has 7 nitrogen and oxygen atoms in total. The quantitative estimate of drug-likeness (QED) is 0.637. The number of hydrogen-bond acceptors (Lipinski definition) is 5. The van der Waals surface area contributed by atoms with Crippen LogP contribution in [0.3, 0.4) is 0 Å². The Bertz CT molecular complexity index is 983. The van der Waals surface area contributed by atoms with Crippen LogP contribution < -0.4 is 5.32 Å². The second-order valence-corrected chi connectivity index (χ2v) is 11.6. The van der Waals surface area contributed by atoms with Gasteiger partial charge in [0.15, 0.2) is 5.78 Å². The molecule has 0 radical (unpaired) electrons. The number of likely N-dealkylation sites (tertiary alicyclic amines) is 1. The monoisotopic (exact) mass is 501 g/mol. The van der Waals surface area contributed by atoms with Gasteiger partial charge in [-0.2, -0.15) is 0 Å². The number of nitrogens with one attached hydrogen (secondary N) is 1. The molecule has 190 valence electrons. The number of amides is 2. The van der Waals surface area contributed by atoms with Crippen LogP contribution in [0.1, 0.15) is 63.4 Å². The molecule has 1 aromatic rings. The van der Waals surface area contributed by atoms with Crippen molar-refractivity contribution in [1.29, 1.82) is 0 Å². The summed E-state index contributed by atoms with van der Waals surface area (Å²) in [5, 5.41) is 4.04. The maximum absolute atomic E-state index is 14.4. The molecule has 1 aromatic carbocycles. The number of benzene rings is 1. The number of carbonyl (C=O) groups excluding carboxylic acids is 3. The minimum absolute atomic E-state index is 0.0570. The zero-order valence-electron chi connectivity index (χ0n) is 20.7. The lowest BCUT2D eigenvalue weighted by Gasteiger charge is -2.45. The molecule has 0 unspecified atom stereocenters. The molecule has 5 rings (SSSR count). The Labute approximate surface area is 212 Å². The van der Waals surface area contributed by atoms with Crippen molar-refractivity contribution < 1.29 is 19.1 Å². The minimum atomic E-state index is -1.05. The van der Waals surface area contributed by atoms with Crippen molar-refractivity contribution in [3.63, 3.8) is 0 Å². The minimum Gasteiger partial charge on any atom is -0.446 e. The van der Waals surface area contributed by atoms with Crippen LogP contribution in [0.15, 0.2) is 24.3 Å². The molecule has 2 aliphatic heterocycles. The third-order valence-electron chi connectivity index (χ3n) is 8.88. The van der Waals surface area contributed by atoms with Crippen molar-refractivity contribution in [2.45, 2.75) is 69.4 Å². The smallest absolute Gasteiger partial charge is 0.410 e. The van der Waals surface area contributed by atoms with E-state index >= 15 is 0 Å². The summed E-state index contributed by atoms with van der Waals surface area (Å²) in [7, 11) is 1.71. The van der Waals surface area contributed by atoms with Gasteiger partial charge in [-0.25, -0.2) is 4.79 Å². The van der Waals surface area contributed by atoms with E-state index < -0.39 is 11.6 Å². The van der Waals surface area contributed by atoms with E-state index in [2.05, 4.69) is 5.32 Å². The Kier molecular flexibility index (Phi) is 6.60. The first kappa shape index (κ1) is 24.6. The van der Waals surface area contributed by atoms with Crippen LogP contribution >= 0.6 is 11.6 Å². The van der Waals surface area contributed by atoms with Crippen molar-refractivity contribution in [1.82, 2.24) is 15.1 Å². The van der Waals surface area contributed by atoms with E-state index in [-0.39, 0.29) is 35.0 Å². The van der Waals surface area contributed by atoms with Gasteiger partial charge in [-0.05, 0) is 62.6 Å². The summed E-state index contributed by atoms with van der Waals surface area (Å²) >= 11 is 6.14. The largest absolute Gasteiger partial charge is 0.446 e. The average Bonchev–Trinajstić information content (AvgIpc) is 3.44. The summed E-state index contributed by atoms with van der Waals surface area (Å²) in [6.07, 6.45) is 5.50. The lowest BCUT2D eigenvalue weighted by atomic mass is 9.72. The zero-order valence-corrected chi connectivity index (χ0v) is 21.5. The van der Waals surface area contributed by atoms with Gasteiger partial charge in [-0.15, -0.1) is 0 Å². The zero-order chi connectivity index (χ0) is 24.8. The molecule has 2 aliphatic carbocycles. The van der Waals surface area contributed by atoms with Crippen LogP contribution in [0.4, 0.5) is 4.79 Å². The normalized spacial score (nSPS) is 28.3. The fraction of sp³-hybridized carbons (Fsp3) is 0.667. The Morgan fingerprint density at radius 2 is 1.74 bits per heavy atom. The standard InChI is InChI=1S/C27H36ClN3O4/c1-26(12-13-26)24(33)31-14-10-19(11-15-31)23(32)27(30(2)25(34)35-21-4-3-5-21)17-29-16-22(27)18-6-8-20(28)9-7-18/h6-9,19,21-22,29H,3-5,10-17H2,1-2H3/t22-,27+/m0/s1. The summed E-state index contributed by atoms with van der Waals surface area (Å²) in [6.45, 7) is 4.19. The summed E-state index contributed by atoms with van der Waals surface area (Å²) in [6, 6.07) is 7.56. The predicted molar refractivity (Wildman–Crippen MR) is 133 cm³/mol. The van der Waals surface area contributed by atoms with Gasteiger partial charge in [0.2, 0.25) is 5.91 Å². The second-order valence-electron chi connectivity index (χ2n) is 11.1. The highest BCUT2D eigenvalue weighted by molar-refractivity contribution is 6.30. The van der Waals surface area contributed by atoms with Crippen LogP contribution in [0.5, 0.6) is 0 Å². The number of ketones is 1. The molecule has 2 heterocycles. The van der Waals surface area contributed by atoms with Crippen molar-refractivity contribution in [2.75, 3.05) is 33.2 Å². The van der Waals surface area contributed by atoms with E-state index in [1.165, 1.54) is 0 Å². The molecule has 0 bridgehead atoms. The van der Waals surface area contributed by atoms with Crippen molar-refractivity contribution in [3.8, 4) is 0 Å². The maximum atomic E-state index is 14.4. The van der Waals surface area contributed by atoms with E-state index in [1.54, 1.807) is 11.9 Å². The van der Waals surface area contributed by atoms with Gasteiger partial charge in [0.05, 0.1) is 0 Å². The number of rotatable bonds is 6. The highest BCUT2D eigenvalue weighted by atomic mass is 35.5. The first-order valence-corrected chi connectivity index (χ1v) is 13.4. The number of carbonyl (C=O) groups is 3. The van der Waals surface area contributed by atoms with Gasteiger partial charge >= 0.3 is 6.09 Å². The molecule has 2 saturated carbocycles. The van der Waals surface area contributed by atoms with Gasteiger partial charge in [-0.3, -0.25) is 14.5 Å². The van der Waals surface area contributed by atoms with Gasteiger partial charge < -0.3 is 15.0 Å².